The molecule has 3 rings (SSSR count). The van der Waals surface area contributed by atoms with Crippen LogP contribution >= 0.6 is 0 Å². The molecule has 1 aromatic heterocycles. The Kier molecular flexibility index (Phi) is 7.22. The number of ether oxygens (including phenoxy) is 3. The average Bonchev–Trinajstić information content (AvgIpc) is 3.28. The van der Waals surface area contributed by atoms with Crippen molar-refractivity contribution in [3.63, 3.8) is 0 Å². The van der Waals surface area contributed by atoms with Gasteiger partial charge in [-0.25, -0.2) is 14.9 Å². The molecule has 1 heterocycles. The van der Waals surface area contributed by atoms with Crippen molar-refractivity contribution in [2.75, 3.05) is 14.2 Å². The molecular weight excluding hydrogens is 469 g/mol. The predicted molar refractivity (Wildman–Crippen MR) is 118 cm³/mol. The first-order chi connectivity index (χ1) is 16.5. The summed E-state index contributed by atoms with van der Waals surface area (Å²) in [6, 6.07) is 12.4. The fraction of sp³-hybridized carbons (Fsp3) is 0.261. The van der Waals surface area contributed by atoms with E-state index in [2.05, 4.69) is 5.10 Å². The maximum Gasteiger partial charge on any atom is 0.434 e. The molecule has 0 radical (unpaired) electrons. The van der Waals surface area contributed by atoms with Crippen LogP contribution in [0.4, 0.5) is 18.0 Å². The third-order valence-electron chi connectivity index (χ3n) is 4.96. The molecule has 3 aromatic rings. The molecule has 0 aliphatic heterocycles. The Morgan fingerprint density at radius 1 is 0.943 bits per heavy atom. The second kappa shape index (κ2) is 9.95. The smallest absolute Gasteiger partial charge is 0.434 e. The lowest BCUT2D eigenvalue weighted by molar-refractivity contribution is -0.143. The topological polar surface area (TPSA) is 104 Å². The van der Waals surface area contributed by atoms with E-state index in [0.29, 0.717) is 21.7 Å². The number of hydrazine groups is 1. The second-order valence-electron chi connectivity index (χ2n) is 7.73. The van der Waals surface area contributed by atoms with Gasteiger partial charge in [0, 0.05) is 11.6 Å². The predicted octanol–water partition coefficient (Wildman–Crippen LogP) is 4.21. The van der Waals surface area contributed by atoms with E-state index in [1.54, 1.807) is 38.1 Å². The van der Waals surface area contributed by atoms with Gasteiger partial charge in [-0.2, -0.15) is 18.3 Å². The number of aromatic nitrogens is 2. The molecule has 0 bridgehead atoms. The van der Waals surface area contributed by atoms with E-state index < -0.39 is 35.0 Å². The van der Waals surface area contributed by atoms with Crippen LogP contribution in [0.15, 0.2) is 54.7 Å². The van der Waals surface area contributed by atoms with E-state index in [1.165, 1.54) is 38.5 Å². The maximum atomic E-state index is 13.7. The van der Waals surface area contributed by atoms with Gasteiger partial charge in [0.2, 0.25) is 0 Å². The van der Waals surface area contributed by atoms with Crippen molar-refractivity contribution in [2.24, 2.45) is 0 Å². The number of nitrogens with one attached hydrogen (secondary N) is 2. The van der Waals surface area contributed by atoms with Gasteiger partial charge in [0.15, 0.2) is 5.69 Å². The van der Waals surface area contributed by atoms with Gasteiger partial charge in [-0.05, 0) is 38.1 Å². The standard InChI is InChI=1S/C23H23F3N4O5/c1-22(2,14-10-16(33-3)12-17(11-14)34-4)35-21(32)29-28-20(31)18-13-27-30(19(18)23(24,25)26)15-8-6-5-7-9-15/h5-13H,1-4H3,(H,28,31)(H,29,32). The lowest BCUT2D eigenvalue weighted by atomic mass is 9.97. The van der Waals surface area contributed by atoms with Gasteiger partial charge in [0.25, 0.3) is 5.91 Å². The zero-order valence-electron chi connectivity index (χ0n) is 19.3. The van der Waals surface area contributed by atoms with E-state index in [9.17, 15) is 22.8 Å². The first-order valence-corrected chi connectivity index (χ1v) is 10.2. The quantitative estimate of drug-likeness (QED) is 0.500. The fourth-order valence-corrected chi connectivity index (χ4v) is 3.20. The minimum Gasteiger partial charge on any atom is -0.497 e. The fourth-order valence-electron chi connectivity index (χ4n) is 3.20. The largest absolute Gasteiger partial charge is 0.497 e. The number of methoxy groups -OCH3 is 2. The summed E-state index contributed by atoms with van der Waals surface area (Å²) in [5.74, 6) is -0.308. The van der Waals surface area contributed by atoms with Crippen LogP contribution in [-0.2, 0) is 16.5 Å². The van der Waals surface area contributed by atoms with Crippen LogP contribution in [0.5, 0.6) is 11.5 Å². The Morgan fingerprint density at radius 3 is 2.09 bits per heavy atom. The number of carbonyl (C=O) groups excluding carboxylic acids is 2. The van der Waals surface area contributed by atoms with Crippen molar-refractivity contribution in [2.45, 2.75) is 25.6 Å². The van der Waals surface area contributed by atoms with Crippen LogP contribution in [0.2, 0.25) is 0 Å². The summed E-state index contributed by atoms with van der Waals surface area (Å²) in [6.45, 7) is 3.16. The first-order valence-electron chi connectivity index (χ1n) is 10.2. The molecule has 12 heteroatoms. The molecule has 2 N–H and O–H groups in total. The summed E-state index contributed by atoms with van der Waals surface area (Å²) in [4.78, 5) is 24.8. The van der Waals surface area contributed by atoms with E-state index in [1.807, 2.05) is 10.9 Å². The molecule has 0 saturated heterocycles. The zero-order valence-corrected chi connectivity index (χ0v) is 19.3. The van der Waals surface area contributed by atoms with Crippen LogP contribution < -0.4 is 20.3 Å². The SMILES string of the molecule is COc1cc(OC)cc(C(C)(C)OC(=O)NNC(=O)c2cnn(-c3ccccc3)c2C(F)(F)F)c1. The Hall–Kier alpha value is -4.22. The molecule has 0 fully saturated rings. The number of nitrogens with zero attached hydrogens (tertiary/aromatic N) is 2. The van der Waals surface area contributed by atoms with Gasteiger partial charge in [-0.3, -0.25) is 10.2 Å². The lowest BCUT2D eigenvalue weighted by Crippen LogP contribution is -2.44. The van der Waals surface area contributed by atoms with Crippen molar-refractivity contribution in [3.8, 4) is 17.2 Å². The van der Waals surface area contributed by atoms with E-state index in [4.69, 9.17) is 14.2 Å². The van der Waals surface area contributed by atoms with Crippen molar-refractivity contribution >= 4 is 12.0 Å². The minimum atomic E-state index is -4.90. The average molecular weight is 492 g/mol. The van der Waals surface area contributed by atoms with Crippen LogP contribution in [0.25, 0.3) is 5.69 Å². The van der Waals surface area contributed by atoms with E-state index in [0.717, 1.165) is 6.20 Å². The number of halogens is 3. The third-order valence-corrected chi connectivity index (χ3v) is 4.96. The highest BCUT2D eigenvalue weighted by Gasteiger charge is 2.40. The van der Waals surface area contributed by atoms with Crippen molar-refractivity contribution in [3.05, 3.63) is 71.5 Å². The first kappa shape index (κ1) is 25.4. The molecule has 0 aliphatic carbocycles. The Bertz CT molecular complexity index is 1190. The molecule has 35 heavy (non-hydrogen) atoms. The number of hydrogen-bond donors (Lipinski definition) is 2. The molecule has 9 nitrogen and oxygen atoms in total. The van der Waals surface area contributed by atoms with Crippen LogP contribution in [-0.4, -0.2) is 36.0 Å². The molecule has 2 aromatic carbocycles. The Labute approximate surface area is 198 Å². The summed E-state index contributed by atoms with van der Waals surface area (Å²) in [6.07, 6.45) is -5.23. The maximum absolute atomic E-state index is 13.7. The lowest BCUT2D eigenvalue weighted by Gasteiger charge is -2.26. The van der Waals surface area contributed by atoms with Gasteiger partial charge >= 0.3 is 12.3 Å². The zero-order chi connectivity index (χ0) is 25.8. The number of rotatable bonds is 6. The normalized spacial score (nSPS) is 11.5. The Balaban J connectivity index is 1.74. The number of para-hydroxylation sites is 1. The number of hydrogen-bond acceptors (Lipinski definition) is 6. The summed E-state index contributed by atoms with van der Waals surface area (Å²) in [5.41, 5.74) is 1.23. The van der Waals surface area contributed by atoms with Gasteiger partial charge in [0.1, 0.15) is 17.1 Å². The van der Waals surface area contributed by atoms with Crippen LogP contribution in [0.1, 0.15) is 35.5 Å². The number of carbonyl (C=O) groups is 2. The minimum absolute atomic E-state index is 0.113. The van der Waals surface area contributed by atoms with E-state index in [-0.39, 0.29) is 5.69 Å². The number of alkyl halides is 3. The third kappa shape index (κ3) is 5.83. The van der Waals surface area contributed by atoms with Gasteiger partial charge in [-0.1, -0.05) is 18.2 Å². The van der Waals surface area contributed by atoms with Crippen molar-refractivity contribution in [1.82, 2.24) is 20.6 Å². The number of benzene rings is 2. The van der Waals surface area contributed by atoms with Crippen LogP contribution in [0, 0.1) is 0 Å². The molecule has 186 valence electrons. The molecule has 0 spiro atoms. The second-order valence-corrected chi connectivity index (χ2v) is 7.73. The Morgan fingerprint density at radius 2 is 1.54 bits per heavy atom. The van der Waals surface area contributed by atoms with Crippen molar-refractivity contribution in [1.29, 1.82) is 0 Å². The monoisotopic (exact) mass is 492 g/mol. The highest BCUT2D eigenvalue weighted by molar-refractivity contribution is 5.96. The summed E-state index contributed by atoms with van der Waals surface area (Å²) in [7, 11) is 2.92. The van der Waals surface area contributed by atoms with Gasteiger partial charge < -0.3 is 14.2 Å². The van der Waals surface area contributed by atoms with Crippen molar-refractivity contribution < 1.29 is 37.0 Å². The van der Waals surface area contributed by atoms with E-state index >= 15 is 0 Å². The number of amides is 2. The molecule has 0 aliphatic rings. The van der Waals surface area contributed by atoms with Crippen LogP contribution in [0.3, 0.4) is 0 Å². The highest BCUT2D eigenvalue weighted by atomic mass is 19.4. The molecular formula is C23H23F3N4O5. The summed E-state index contributed by atoms with van der Waals surface area (Å²) < 4.78 is 57.6. The molecule has 0 atom stereocenters. The molecule has 0 unspecified atom stereocenters. The summed E-state index contributed by atoms with van der Waals surface area (Å²) in [5, 5.41) is 3.70. The summed E-state index contributed by atoms with van der Waals surface area (Å²) >= 11 is 0. The molecule has 2 amide bonds. The van der Waals surface area contributed by atoms with Gasteiger partial charge in [0.05, 0.1) is 31.7 Å². The molecule has 0 saturated carbocycles. The highest BCUT2D eigenvalue weighted by Crippen LogP contribution is 2.34. The van der Waals surface area contributed by atoms with Gasteiger partial charge in [-0.15, -0.1) is 0 Å².